The normalized spacial score (nSPS) is 10.9. The number of imidazole rings is 1. The van der Waals surface area contributed by atoms with Gasteiger partial charge in [0.2, 0.25) is 5.82 Å². The van der Waals surface area contributed by atoms with Gasteiger partial charge in [-0.3, -0.25) is 14.0 Å². The summed E-state index contributed by atoms with van der Waals surface area (Å²) in [5.74, 6) is -0.123. The first-order valence-corrected chi connectivity index (χ1v) is 9.66. The molecular weight excluding hydrogens is 352 g/mol. The van der Waals surface area contributed by atoms with Crippen molar-refractivity contribution in [3.05, 3.63) is 65.7 Å². The third kappa shape index (κ3) is 3.50. The zero-order chi connectivity index (χ0) is 20.3. The lowest BCUT2D eigenvalue weighted by Gasteiger charge is -2.20. The van der Waals surface area contributed by atoms with Crippen LogP contribution in [0.3, 0.4) is 0 Å². The standard InChI is InChI=1S/C22H26N4O2/c1-5-24(6-2)22(28)20-23-19(18-13-8-9-14-26(18)20)21(27)25(7-3)17-12-10-11-16(4)15-17/h8-15H,5-7H2,1-4H3. The van der Waals surface area contributed by atoms with E-state index < -0.39 is 0 Å². The molecule has 0 radical (unpaired) electrons. The van der Waals surface area contributed by atoms with Gasteiger partial charge in [0.05, 0.1) is 5.52 Å². The van der Waals surface area contributed by atoms with E-state index >= 15 is 0 Å². The Morgan fingerprint density at radius 1 is 0.964 bits per heavy atom. The molecular formula is C22H26N4O2. The monoisotopic (exact) mass is 378 g/mol. The molecule has 3 rings (SSSR count). The van der Waals surface area contributed by atoms with Crippen molar-refractivity contribution in [2.45, 2.75) is 27.7 Å². The number of hydrogen-bond donors (Lipinski definition) is 0. The van der Waals surface area contributed by atoms with Crippen molar-refractivity contribution in [3.63, 3.8) is 0 Å². The van der Waals surface area contributed by atoms with E-state index in [1.807, 2.05) is 70.2 Å². The Morgan fingerprint density at radius 2 is 1.71 bits per heavy atom. The number of nitrogens with zero attached hydrogens (tertiary/aromatic N) is 4. The summed E-state index contributed by atoms with van der Waals surface area (Å²) < 4.78 is 1.71. The maximum atomic E-state index is 13.4. The number of fused-ring (bicyclic) bond motifs is 1. The lowest BCUT2D eigenvalue weighted by atomic mass is 10.2. The fourth-order valence-electron chi connectivity index (χ4n) is 3.37. The van der Waals surface area contributed by atoms with Crippen LogP contribution < -0.4 is 4.90 Å². The summed E-state index contributed by atoms with van der Waals surface area (Å²) in [5.41, 5.74) is 2.82. The predicted octanol–water partition coefficient (Wildman–Crippen LogP) is 3.79. The van der Waals surface area contributed by atoms with Gasteiger partial charge >= 0.3 is 0 Å². The molecule has 0 unspecified atom stereocenters. The molecule has 0 atom stereocenters. The first-order chi connectivity index (χ1) is 13.5. The Morgan fingerprint density at radius 3 is 2.36 bits per heavy atom. The highest BCUT2D eigenvalue weighted by Crippen LogP contribution is 2.22. The van der Waals surface area contributed by atoms with Gasteiger partial charge in [-0.25, -0.2) is 4.98 Å². The average Bonchev–Trinajstić information content (AvgIpc) is 3.09. The van der Waals surface area contributed by atoms with Gasteiger partial charge in [0.15, 0.2) is 5.69 Å². The van der Waals surface area contributed by atoms with Crippen molar-refractivity contribution in [2.24, 2.45) is 0 Å². The molecule has 0 saturated heterocycles. The third-order valence-corrected chi connectivity index (χ3v) is 4.87. The fourth-order valence-corrected chi connectivity index (χ4v) is 3.37. The summed E-state index contributed by atoms with van der Waals surface area (Å²) in [6.07, 6.45) is 1.78. The maximum Gasteiger partial charge on any atom is 0.290 e. The molecule has 6 heteroatoms. The lowest BCUT2D eigenvalue weighted by molar-refractivity contribution is 0.0760. The maximum absolute atomic E-state index is 13.4. The highest BCUT2D eigenvalue weighted by molar-refractivity contribution is 6.10. The summed E-state index contributed by atoms with van der Waals surface area (Å²) in [7, 11) is 0. The molecule has 3 aromatic rings. The summed E-state index contributed by atoms with van der Waals surface area (Å²) in [6.45, 7) is 9.47. The molecule has 1 aromatic carbocycles. The topological polar surface area (TPSA) is 57.9 Å². The Labute approximate surface area is 165 Å². The van der Waals surface area contributed by atoms with Gasteiger partial charge in [0.1, 0.15) is 0 Å². The van der Waals surface area contributed by atoms with Gasteiger partial charge in [-0.05, 0) is 57.5 Å². The number of rotatable bonds is 6. The predicted molar refractivity (Wildman–Crippen MR) is 111 cm³/mol. The molecule has 0 bridgehead atoms. The highest BCUT2D eigenvalue weighted by atomic mass is 16.2. The van der Waals surface area contributed by atoms with Crippen LogP contribution in [0.25, 0.3) is 5.52 Å². The van der Waals surface area contributed by atoms with Gasteiger partial charge in [-0.15, -0.1) is 0 Å². The van der Waals surface area contributed by atoms with Crippen LogP contribution in [0, 0.1) is 6.92 Å². The number of benzene rings is 1. The fraction of sp³-hybridized carbons (Fsp3) is 0.318. The van der Waals surface area contributed by atoms with Crippen molar-refractivity contribution in [1.29, 1.82) is 0 Å². The molecule has 28 heavy (non-hydrogen) atoms. The van der Waals surface area contributed by atoms with E-state index in [9.17, 15) is 9.59 Å². The van der Waals surface area contributed by atoms with Crippen LogP contribution in [0.2, 0.25) is 0 Å². The van der Waals surface area contributed by atoms with Crippen LogP contribution in [0.1, 0.15) is 47.4 Å². The highest BCUT2D eigenvalue weighted by Gasteiger charge is 2.27. The van der Waals surface area contributed by atoms with E-state index in [0.29, 0.717) is 30.8 Å². The van der Waals surface area contributed by atoms with Crippen molar-refractivity contribution < 1.29 is 9.59 Å². The molecule has 6 nitrogen and oxygen atoms in total. The van der Waals surface area contributed by atoms with E-state index in [1.54, 1.807) is 20.4 Å². The van der Waals surface area contributed by atoms with E-state index in [0.717, 1.165) is 11.3 Å². The molecule has 0 aliphatic rings. The van der Waals surface area contributed by atoms with Gasteiger partial charge in [0.25, 0.3) is 11.8 Å². The molecule has 0 aliphatic carbocycles. The molecule has 2 heterocycles. The number of carbonyl (C=O) groups excluding carboxylic acids is 2. The Bertz CT molecular complexity index is 1000. The number of hydrogen-bond acceptors (Lipinski definition) is 3. The largest absolute Gasteiger partial charge is 0.337 e. The number of anilines is 1. The van der Waals surface area contributed by atoms with Crippen LogP contribution in [0.5, 0.6) is 0 Å². The van der Waals surface area contributed by atoms with Crippen LogP contribution in [0.4, 0.5) is 5.69 Å². The number of carbonyl (C=O) groups is 2. The van der Waals surface area contributed by atoms with Crippen LogP contribution in [-0.2, 0) is 0 Å². The Hall–Kier alpha value is -3.15. The Kier molecular flexibility index (Phi) is 5.78. The molecule has 0 spiro atoms. The molecule has 2 aromatic heterocycles. The number of aromatic nitrogens is 2. The second-order valence-corrected chi connectivity index (χ2v) is 6.61. The van der Waals surface area contributed by atoms with Crippen molar-refractivity contribution in [1.82, 2.24) is 14.3 Å². The second kappa shape index (κ2) is 8.25. The SMILES string of the molecule is CCN(CC)C(=O)c1nc(C(=O)N(CC)c2cccc(C)c2)c2ccccn12. The van der Waals surface area contributed by atoms with Crippen LogP contribution in [-0.4, -0.2) is 45.7 Å². The number of amides is 2. The summed E-state index contributed by atoms with van der Waals surface area (Å²) >= 11 is 0. The molecule has 0 saturated carbocycles. The van der Waals surface area contributed by atoms with E-state index in [1.165, 1.54) is 0 Å². The zero-order valence-electron chi connectivity index (χ0n) is 16.8. The van der Waals surface area contributed by atoms with Gasteiger partial charge < -0.3 is 9.80 Å². The molecule has 0 fully saturated rings. The molecule has 146 valence electrons. The lowest BCUT2D eigenvalue weighted by Crippen LogP contribution is -2.32. The summed E-state index contributed by atoms with van der Waals surface area (Å²) in [4.78, 5) is 34.2. The van der Waals surface area contributed by atoms with E-state index in [-0.39, 0.29) is 17.6 Å². The third-order valence-electron chi connectivity index (χ3n) is 4.87. The van der Waals surface area contributed by atoms with Crippen molar-refractivity contribution in [2.75, 3.05) is 24.5 Å². The smallest absolute Gasteiger partial charge is 0.290 e. The van der Waals surface area contributed by atoms with Gasteiger partial charge in [-0.2, -0.15) is 0 Å². The minimum absolute atomic E-state index is 0.177. The van der Waals surface area contributed by atoms with Crippen LogP contribution in [0.15, 0.2) is 48.7 Å². The second-order valence-electron chi connectivity index (χ2n) is 6.61. The average molecular weight is 378 g/mol. The number of aryl methyl sites for hydroxylation is 1. The first-order valence-electron chi connectivity index (χ1n) is 9.66. The van der Waals surface area contributed by atoms with E-state index in [2.05, 4.69) is 4.98 Å². The zero-order valence-corrected chi connectivity index (χ0v) is 16.8. The van der Waals surface area contributed by atoms with E-state index in [4.69, 9.17) is 0 Å². The molecule has 0 N–H and O–H groups in total. The van der Waals surface area contributed by atoms with Crippen molar-refractivity contribution in [3.8, 4) is 0 Å². The summed E-state index contributed by atoms with van der Waals surface area (Å²) in [5, 5.41) is 0. The summed E-state index contributed by atoms with van der Waals surface area (Å²) in [6, 6.07) is 13.3. The Balaban J connectivity index is 2.10. The van der Waals surface area contributed by atoms with Crippen molar-refractivity contribution >= 4 is 23.0 Å². The minimum atomic E-state index is -0.213. The van der Waals surface area contributed by atoms with Crippen LogP contribution >= 0.6 is 0 Å². The minimum Gasteiger partial charge on any atom is -0.337 e. The quantitative estimate of drug-likeness (QED) is 0.656. The first kappa shape index (κ1) is 19.6. The van der Waals surface area contributed by atoms with Gasteiger partial charge in [-0.1, -0.05) is 18.2 Å². The number of pyridine rings is 1. The van der Waals surface area contributed by atoms with Gasteiger partial charge in [0, 0.05) is 31.5 Å². The molecule has 0 aliphatic heterocycles. The molecule has 2 amide bonds.